The summed E-state index contributed by atoms with van der Waals surface area (Å²) >= 11 is 0. The quantitative estimate of drug-likeness (QED) is 0.523. The number of aromatic nitrogens is 2. The predicted molar refractivity (Wildman–Crippen MR) is 126 cm³/mol. The fourth-order valence-electron chi connectivity index (χ4n) is 4.29. The van der Waals surface area contributed by atoms with Crippen LogP contribution < -0.4 is 24.8 Å². The van der Waals surface area contributed by atoms with Gasteiger partial charge in [-0.15, -0.1) is 0 Å². The SMILES string of the molecule is COc1ccc2cc1OCC(=O)NCc1ccc(cc1)O[C@H]1CN(Cc3cnc[nH]3)C[C@@H]1NC2=O. The lowest BCUT2D eigenvalue weighted by molar-refractivity contribution is -0.123. The Morgan fingerprint density at radius 3 is 2.77 bits per heavy atom. The highest BCUT2D eigenvalue weighted by atomic mass is 16.5. The number of ether oxygens (including phenoxy) is 3. The third kappa shape index (κ3) is 5.38. The number of nitrogens with zero attached hydrogens (tertiary/aromatic N) is 2. The van der Waals surface area contributed by atoms with Gasteiger partial charge in [-0.25, -0.2) is 4.98 Å². The molecule has 1 saturated heterocycles. The van der Waals surface area contributed by atoms with Crippen molar-refractivity contribution in [2.45, 2.75) is 25.2 Å². The number of likely N-dealkylation sites (tertiary alicyclic amines) is 1. The van der Waals surface area contributed by atoms with Crippen LogP contribution in [-0.4, -0.2) is 65.6 Å². The van der Waals surface area contributed by atoms with Gasteiger partial charge in [-0.2, -0.15) is 0 Å². The Balaban J connectivity index is 1.42. The maximum atomic E-state index is 13.2. The Labute approximate surface area is 202 Å². The van der Waals surface area contributed by atoms with Gasteiger partial charge in [0, 0.05) is 43.6 Å². The molecular formula is C25H27N5O5. The second-order valence-corrected chi connectivity index (χ2v) is 8.58. The van der Waals surface area contributed by atoms with E-state index in [-0.39, 0.29) is 30.6 Å². The van der Waals surface area contributed by atoms with Gasteiger partial charge in [0.1, 0.15) is 11.9 Å². The van der Waals surface area contributed by atoms with E-state index >= 15 is 0 Å². The van der Waals surface area contributed by atoms with Gasteiger partial charge in [0.05, 0.1) is 19.5 Å². The van der Waals surface area contributed by atoms with Crippen LogP contribution in [0.5, 0.6) is 17.2 Å². The molecule has 1 fully saturated rings. The minimum atomic E-state index is -0.279. The number of fused-ring (bicyclic) bond motifs is 7. The summed E-state index contributed by atoms with van der Waals surface area (Å²) in [5.41, 5.74) is 2.33. The average molecular weight is 478 g/mol. The zero-order valence-electron chi connectivity index (χ0n) is 19.3. The number of rotatable bonds is 3. The highest BCUT2D eigenvalue weighted by Crippen LogP contribution is 2.28. The lowest BCUT2D eigenvalue weighted by Crippen LogP contribution is -2.45. The largest absolute Gasteiger partial charge is 0.493 e. The van der Waals surface area contributed by atoms with Gasteiger partial charge in [-0.05, 0) is 35.9 Å². The Morgan fingerprint density at radius 1 is 1.14 bits per heavy atom. The fraction of sp³-hybridized carbons (Fsp3) is 0.320. The van der Waals surface area contributed by atoms with E-state index in [4.69, 9.17) is 14.2 Å². The van der Waals surface area contributed by atoms with Crippen molar-refractivity contribution in [1.29, 1.82) is 0 Å². The van der Waals surface area contributed by atoms with Crippen LogP contribution in [0.2, 0.25) is 0 Å². The smallest absolute Gasteiger partial charge is 0.258 e. The third-order valence-electron chi connectivity index (χ3n) is 6.09. The zero-order valence-corrected chi connectivity index (χ0v) is 19.3. The summed E-state index contributed by atoms with van der Waals surface area (Å²) in [5.74, 6) is 0.924. The van der Waals surface area contributed by atoms with Crippen molar-refractivity contribution in [3.05, 3.63) is 71.8 Å². The van der Waals surface area contributed by atoms with Gasteiger partial charge < -0.3 is 29.8 Å². The van der Waals surface area contributed by atoms with Crippen LogP contribution in [0, 0.1) is 0 Å². The third-order valence-corrected chi connectivity index (χ3v) is 6.09. The maximum Gasteiger partial charge on any atom is 0.258 e. The van der Waals surface area contributed by atoms with Crippen LogP contribution in [0.15, 0.2) is 55.0 Å². The van der Waals surface area contributed by atoms with Crippen LogP contribution in [0.25, 0.3) is 0 Å². The first-order valence-corrected chi connectivity index (χ1v) is 11.4. The molecule has 6 rings (SSSR count). The molecule has 10 nitrogen and oxygen atoms in total. The van der Waals surface area contributed by atoms with Crippen molar-refractivity contribution in [3.8, 4) is 17.2 Å². The molecule has 4 bridgehead atoms. The van der Waals surface area contributed by atoms with Gasteiger partial charge in [-0.3, -0.25) is 14.5 Å². The molecule has 2 amide bonds. The minimum Gasteiger partial charge on any atom is -0.493 e. The molecule has 4 heterocycles. The molecular weight excluding hydrogens is 450 g/mol. The molecule has 0 spiro atoms. The molecule has 0 saturated carbocycles. The van der Waals surface area contributed by atoms with Crippen molar-refractivity contribution < 1.29 is 23.8 Å². The van der Waals surface area contributed by atoms with Gasteiger partial charge in [0.25, 0.3) is 11.8 Å². The first kappa shape index (κ1) is 22.7. The number of nitrogens with one attached hydrogen (secondary N) is 3. The van der Waals surface area contributed by atoms with Crippen molar-refractivity contribution in [2.24, 2.45) is 0 Å². The summed E-state index contributed by atoms with van der Waals surface area (Å²) in [4.78, 5) is 34.9. The topological polar surface area (TPSA) is 118 Å². The number of imidazole rings is 1. The number of amides is 2. The van der Waals surface area contributed by atoms with E-state index in [2.05, 4.69) is 25.5 Å². The summed E-state index contributed by atoms with van der Waals surface area (Å²) in [7, 11) is 1.51. The molecule has 182 valence electrons. The molecule has 35 heavy (non-hydrogen) atoms. The van der Waals surface area contributed by atoms with E-state index in [9.17, 15) is 9.59 Å². The van der Waals surface area contributed by atoms with Crippen LogP contribution in [0.1, 0.15) is 21.6 Å². The first-order chi connectivity index (χ1) is 17.1. The summed E-state index contributed by atoms with van der Waals surface area (Å²) in [6, 6.07) is 12.2. The molecule has 0 radical (unpaired) electrons. The van der Waals surface area contributed by atoms with E-state index < -0.39 is 0 Å². The van der Waals surface area contributed by atoms with Crippen molar-refractivity contribution in [1.82, 2.24) is 25.5 Å². The lowest BCUT2D eigenvalue weighted by Gasteiger charge is -2.21. The number of carbonyl (C=O) groups excluding carboxylic acids is 2. The summed E-state index contributed by atoms with van der Waals surface area (Å²) < 4.78 is 17.3. The normalized spacial score (nSPS) is 20.7. The number of methoxy groups -OCH3 is 1. The molecule has 3 N–H and O–H groups in total. The van der Waals surface area contributed by atoms with Crippen LogP contribution in [0.3, 0.4) is 0 Å². The standard InChI is InChI=1S/C25H27N5O5/c1-33-21-7-4-17-8-22(21)34-14-24(31)27-9-16-2-5-19(6-3-16)35-23-13-30(11-18-10-26-15-28-18)12-20(23)29-25(17)32/h2-8,10,15,20,23H,9,11-14H2,1H3,(H,26,28)(H,27,31)(H,29,32)/t20-,23-/m0/s1. The monoisotopic (exact) mass is 477 g/mol. The van der Waals surface area contributed by atoms with E-state index in [0.29, 0.717) is 49.0 Å². The highest BCUT2D eigenvalue weighted by Gasteiger charge is 2.36. The molecule has 2 atom stereocenters. The van der Waals surface area contributed by atoms with E-state index in [1.807, 2.05) is 24.3 Å². The number of hydrogen-bond donors (Lipinski definition) is 3. The highest BCUT2D eigenvalue weighted by molar-refractivity contribution is 5.95. The van der Waals surface area contributed by atoms with Crippen molar-refractivity contribution in [3.63, 3.8) is 0 Å². The fourth-order valence-corrected chi connectivity index (χ4v) is 4.29. The van der Waals surface area contributed by atoms with E-state index in [1.165, 1.54) is 7.11 Å². The zero-order chi connectivity index (χ0) is 24.2. The van der Waals surface area contributed by atoms with E-state index in [0.717, 1.165) is 11.3 Å². The number of benzene rings is 2. The number of carbonyl (C=O) groups is 2. The van der Waals surface area contributed by atoms with E-state index in [1.54, 1.807) is 30.7 Å². The minimum absolute atomic E-state index is 0.199. The Kier molecular flexibility index (Phi) is 6.53. The number of aromatic amines is 1. The van der Waals surface area contributed by atoms with Crippen LogP contribution in [0.4, 0.5) is 0 Å². The van der Waals surface area contributed by atoms with Crippen LogP contribution in [-0.2, 0) is 17.9 Å². The Hall–Kier alpha value is -4.05. The molecule has 3 aliphatic rings. The Morgan fingerprint density at radius 2 is 2.00 bits per heavy atom. The first-order valence-electron chi connectivity index (χ1n) is 11.4. The van der Waals surface area contributed by atoms with Crippen molar-refractivity contribution >= 4 is 11.8 Å². The second kappa shape index (κ2) is 10.1. The number of H-pyrrole nitrogens is 1. The molecule has 3 aromatic rings. The molecule has 10 heteroatoms. The average Bonchev–Trinajstić information content (AvgIpc) is 3.51. The molecule has 3 aliphatic heterocycles. The second-order valence-electron chi connectivity index (χ2n) is 8.58. The molecule has 0 aliphatic carbocycles. The van der Waals surface area contributed by atoms with Gasteiger partial charge >= 0.3 is 0 Å². The van der Waals surface area contributed by atoms with Gasteiger partial charge in [-0.1, -0.05) is 12.1 Å². The number of hydrogen-bond acceptors (Lipinski definition) is 7. The lowest BCUT2D eigenvalue weighted by atomic mass is 10.1. The Bertz CT molecular complexity index is 1180. The maximum absolute atomic E-state index is 13.2. The molecule has 0 unspecified atom stereocenters. The summed E-state index contributed by atoms with van der Waals surface area (Å²) in [5, 5.41) is 5.95. The van der Waals surface area contributed by atoms with Gasteiger partial charge in [0.2, 0.25) is 0 Å². The van der Waals surface area contributed by atoms with Crippen molar-refractivity contribution in [2.75, 3.05) is 26.8 Å². The van der Waals surface area contributed by atoms with Crippen LogP contribution >= 0.6 is 0 Å². The molecule has 2 aromatic carbocycles. The molecule has 1 aromatic heterocycles. The summed E-state index contributed by atoms with van der Waals surface area (Å²) in [6.07, 6.45) is 3.19. The predicted octanol–water partition coefficient (Wildman–Crippen LogP) is 1.49. The summed E-state index contributed by atoms with van der Waals surface area (Å²) in [6.45, 7) is 2.09. The van der Waals surface area contributed by atoms with Gasteiger partial charge in [0.15, 0.2) is 18.1 Å².